The van der Waals surface area contributed by atoms with E-state index in [2.05, 4.69) is 15.5 Å². The highest BCUT2D eigenvalue weighted by atomic mass is 35.5. The predicted molar refractivity (Wildman–Crippen MR) is 82.3 cm³/mol. The van der Waals surface area contributed by atoms with Crippen molar-refractivity contribution >= 4 is 28.6 Å². The largest absolute Gasteiger partial charge is 0.392 e. The lowest BCUT2D eigenvalue weighted by molar-refractivity contribution is 0.282. The summed E-state index contributed by atoms with van der Waals surface area (Å²) >= 11 is 7.65. The number of aliphatic hydroxyl groups is 1. The van der Waals surface area contributed by atoms with Gasteiger partial charge in [-0.05, 0) is 29.1 Å². The van der Waals surface area contributed by atoms with E-state index in [0.717, 1.165) is 16.1 Å². The molecular weight excluding hydrogens is 310 g/mol. The van der Waals surface area contributed by atoms with Crippen molar-refractivity contribution in [1.29, 1.82) is 0 Å². The molecular formula is C14H12ClN3O2S. The van der Waals surface area contributed by atoms with Crippen molar-refractivity contribution in [2.24, 2.45) is 0 Å². The van der Waals surface area contributed by atoms with E-state index >= 15 is 0 Å². The Labute approximate surface area is 130 Å². The maximum absolute atomic E-state index is 9.14. The molecule has 0 amide bonds. The molecule has 2 heterocycles. The summed E-state index contributed by atoms with van der Waals surface area (Å²) < 4.78 is 5.20. The summed E-state index contributed by atoms with van der Waals surface area (Å²) in [5, 5.41) is 18.7. The van der Waals surface area contributed by atoms with Gasteiger partial charge in [-0.2, -0.15) is 4.98 Å². The van der Waals surface area contributed by atoms with E-state index < -0.39 is 0 Å². The van der Waals surface area contributed by atoms with Gasteiger partial charge in [0.25, 0.3) is 0 Å². The van der Waals surface area contributed by atoms with Crippen LogP contribution in [0, 0.1) is 0 Å². The predicted octanol–water partition coefficient (Wildman–Crippen LogP) is 3.56. The number of anilines is 1. The lowest BCUT2D eigenvalue weighted by atomic mass is 10.2. The molecule has 0 aliphatic heterocycles. The SMILES string of the molecule is OCc1ccc(Cl)c(NCc2nc(-c3cccs3)no2)c1. The van der Waals surface area contributed by atoms with E-state index in [0.29, 0.717) is 23.3 Å². The number of thiophene rings is 1. The first-order valence-corrected chi connectivity index (χ1v) is 7.51. The van der Waals surface area contributed by atoms with E-state index in [1.165, 1.54) is 0 Å². The maximum Gasteiger partial charge on any atom is 0.246 e. The normalized spacial score (nSPS) is 10.8. The molecule has 2 aromatic heterocycles. The van der Waals surface area contributed by atoms with Crippen molar-refractivity contribution in [2.75, 3.05) is 5.32 Å². The van der Waals surface area contributed by atoms with Gasteiger partial charge >= 0.3 is 0 Å². The molecule has 0 atom stereocenters. The summed E-state index contributed by atoms with van der Waals surface area (Å²) in [7, 11) is 0. The number of aromatic nitrogens is 2. The minimum absolute atomic E-state index is 0.0328. The van der Waals surface area contributed by atoms with Gasteiger partial charge in [0, 0.05) is 0 Å². The molecule has 3 aromatic rings. The Morgan fingerprint density at radius 3 is 3.00 bits per heavy atom. The molecule has 2 N–H and O–H groups in total. The third-order valence-corrected chi connectivity index (χ3v) is 4.05. The standard InChI is InChI=1S/C14H12ClN3O2S/c15-10-4-3-9(8-19)6-11(10)16-7-13-17-14(18-20-13)12-2-1-5-21-12/h1-6,16,19H,7-8H2. The van der Waals surface area contributed by atoms with Crippen LogP contribution in [0.25, 0.3) is 10.7 Å². The third-order valence-electron chi connectivity index (χ3n) is 2.85. The fourth-order valence-electron chi connectivity index (χ4n) is 1.81. The van der Waals surface area contributed by atoms with Crippen molar-refractivity contribution in [3.8, 4) is 10.7 Å². The van der Waals surface area contributed by atoms with Crippen molar-refractivity contribution in [2.45, 2.75) is 13.2 Å². The number of nitrogens with zero attached hydrogens (tertiary/aromatic N) is 2. The van der Waals surface area contributed by atoms with Gasteiger partial charge in [0.2, 0.25) is 11.7 Å². The van der Waals surface area contributed by atoms with E-state index in [1.807, 2.05) is 17.5 Å². The Hall–Kier alpha value is -1.89. The zero-order valence-electron chi connectivity index (χ0n) is 10.9. The average molecular weight is 322 g/mol. The monoisotopic (exact) mass is 321 g/mol. The molecule has 0 aliphatic rings. The number of aliphatic hydroxyl groups excluding tert-OH is 1. The van der Waals surface area contributed by atoms with Crippen molar-refractivity contribution < 1.29 is 9.63 Å². The first-order valence-electron chi connectivity index (χ1n) is 6.26. The van der Waals surface area contributed by atoms with Gasteiger partial charge in [-0.1, -0.05) is 28.9 Å². The molecule has 0 spiro atoms. The number of nitrogens with one attached hydrogen (secondary N) is 1. The Kier molecular flexibility index (Phi) is 4.19. The van der Waals surface area contributed by atoms with Crippen LogP contribution in [0.3, 0.4) is 0 Å². The van der Waals surface area contributed by atoms with Crippen LogP contribution < -0.4 is 5.32 Å². The molecule has 1 aromatic carbocycles. The highest BCUT2D eigenvalue weighted by Crippen LogP contribution is 2.24. The molecule has 21 heavy (non-hydrogen) atoms. The van der Waals surface area contributed by atoms with Gasteiger partial charge in [-0.25, -0.2) is 0 Å². The molecule has 0 unspecified atom stereocenters. The van der Waals surface area contributed by atoms with Crippen LogP contribution in [0.4, 0.5) is 5.69 Å². The lowest BCUT2D eigenvalue weighted by Crippen LogP contribution is -2.01. The Morgan fingerprint density at radius 1 is 1.33 bits per heavy atom. The van der Waals surface area contributed by atoms with Gasteiger partial charge in [0.05, 0.1) is 28.7 Å². The topological polar surface area (TPSA) is 71.2 Å². The van der Waals surface area contributed by atoms with Crippen LogP contribution in [0.2, 0.25) is 5.02 Å². The second-order valence-electron chi connectivity index (χ2n) is 4.31. The van der Waals surface area contributed by atoms with Crippen LogP contribution in [0.1, 0.15) is 11.5 Å². The van der Waals surface area contributed by atoms with Crippen LogP contribution >= 0.6 is 22.9 Å². The number of benzene rings is 1. The van der Waals surface area contributed by atoms with Gasteiger partial charge < -0.3 is 14.9 Å². The van der Waals surface area contributed by atoms with E-state index in [9.17, 15) is 0 Å². The molecule has 108 valence electrons. The second kappa shape index (κ2) is 6.26. The Balaban J connectivity index is 1.71. The Bertz CT molecular complexity index is 728. The average Bonchev–Trinajstić information content (AvgIpc) is 3.17. The number of halogens is 1. The fourth-order valence-corrected chi connectivity index (χ4v) is 2.64. The van der Waals surface area contributed by atoms with Crippen LogP contribution in [-0.4, -0.2) is 15.2 Å². The zero-order valence-corrected chi connectivity index (χ0v) is 12.5. The van der Waals surface area contributed by atoms with Gasteiger partial charge in [0.15, 0.2) is 0 Å². The summed E-state index contributed by atoms with van der Waals surface area (Å²) in [4.78, 5) is 5.28. The molecule has 3 rings (SSSR count). The van der Waals surface area contributed by atoms with Crippen molar-refractivity contribution in [1.82, 2.24) is 10.1 Å². The fraction of sp³-hybridized carbons (Fsp3) is 0.143. The molecule has 0 saturated carbocycles. The summed E-state index contributed by atoms with van der Waals surface area (Å²) in [6.45, 7) is 0.335. The minimum atomic E-state index is -0.0328. The maximum atomic E-state index is 9.14. The number of rotatable bonds is 5. The van der Waals surface area contributed by atoms with Crippen LogP contribution in [0.5, 0.6) is 0 Å². The van der Waals surface area contributed by atoms with Crippen LogP contribution in [0.15, 0.2) is 40.2 Å². The first-order chi connectivity index (χ1) is 10.3. The summed E-state index contributed by atoms with van der Waals surface area (Å²) in [5.41, 5.74) is 1.51. The molecule has 0 bridgehead atoms. The lowest BCUT2D eigenvalue weighted by Gasteiger charge is -2.07. The molecule has 0 aliphatic carbocycles. The molecule has 7 heteroatoms. The molecule has 0 radical (unpaired) electrons. The molecule has 0 fully saturated rings. The van der Waals surface area contributed by atoms with E-state index in [1.54, 1.807) is 29.5 Å². The van der Waals surface area contributed by atoms with Crippen molar-refractivity contribution in [3.05, 3.63) is 52.2 Å². The summed E-state index contributed by atoms with van der Waals surface area (Å²) in [6.07, 6.45) is 0. The highest BCUT2D eigenvalue weighted by molar-refractivity contribution is 7.13. The van der Waals surface area contributed by atoms with Gasteiger partial charge in [-0.3, -0.25) is 0 Å². The summed E-state index contributed by atoms with van der Waals surface area (Å²) in [5.74, 6) is 1.06. The smallest absolute Gasteiger partial charge is 0.246 e. The first kappa shape index (κ1) is 14.1. The Morgan fingerprint density at radius 2 is 2.24 bits per heavy atom. The third kappa shape index (κ3) is 3.24. The summed E-state index contributed by atoms with van der Waals surface area (Å²) in [6, 6.07) is 9.18. The van der Waals surface area contributed by atoms with E-state index in [-0.39, 0.29) is 6.61 Å². The van der Waals surface area contributed by atoms with Gasteiger partial charge in [0.1, 0.15) is 0 Å². The molecule has 0 saturated heterocycles. The van der Waals surface area contributed by atoms with E-state index in [4.69, 9.17) is 21.2 Å². The number of hydrogen-bond acceptors (Lipinski definition) is 6. The van der Waals surface area contributed by atoms with Crippen LogP contribution in [-0.2, 0) is 13.2 Å². The molecule has 5 nitrogen and oxygen atoms in total. The highest BCUT2D eigenvalue weighted by Gasteiger charge is 2.10. The minimum Gasteiger partial charge on any atom is -0.392 e. The number of hydrogen-bond donors (Lipinski definition) is 2. The van der Waals surface area contributed by atoms with Gasteiger partial charge in [-0.15, -0.1) is 11.3 Å². The second-order valence-corrected chi connectivity index (χ2v) is 5.67. The quantitative estimate of drug-likeness (QED) is 0.752. The zero-order chi connectivity index (χ0) is 14.7. The van der Waals surface area contributed by atoms with Crippen molar-refractivity contribution in [3.63, 3.8) is 0 Å².